The zero-order valence-electron chi connectivity index (χ0n) is 11.1. The average molecular weight is 247 g/mol. The minimum absolute atomic E-state index is 0.259. The molecular formula is C14H21N3O. The van der Waals surface area contributed by atoms with Crippen molar-refractivity contribution in [3.8, 4) is 0 Å². The van der Waals surface area contributed by atoms with Gasteiger partial charge in [0.15, 0.2) is 0 Å². The molecule has 98 valence electrons. The minimum Gasteiger partial charge on any atom is -0.392 e. The zero-order chi connectivity index (χ0) is 13.0. The third kappa shape index (κ3) is 2.89. The van der Waals surface area contributed by atoms with E-state index in [1.165, 1.54) is 5.39 Å². The molecule has 1 aromatic carbocycles. The van der Waals surface area contributed by atoms with E-state index in [2.05, 4.69) is 29.5 Å². The molecule has 18 heavy (non-hydrogen) atoms. The molecule has 0 saturated carbocycles. The van der Waals surface area contributed by atoms with E-state index in [-0.39, 0.29) is 6.10 Å². The molecule has 1 atom stereocenters. The zero-order valence-corrected chi connectivity index (χ0v) is 11.1. The van der Waals surface area contributed by atoms with Gasteiger partial charge < -0.3 is 10.4 Å². The highest BCUT2D eigenvalue weighted by molar-refractivity contribution is 5.81. The summed E-state index contributed by atoms with van der Waals surface area (Å²) in [6, 6.07) is 8.20. The van der Waals surface area contributed by atoms with Crippen LogP contribution in [0, 0.1) is 0 Å². The van der Waals surface area contributed by atoms with Gasteiger partial charge in [-0.1, -0.05) is 31.5 Å². The van der Waals surface area contributed by atoms with E-state index in [4.69, 9.17) is 0 Å². The molecule has 1 aromatic heterocycles. The van der Waals surface area contributed by atoms with Gasteiger partial charge in [0.1, 0.15) is 0 Å². The molecule has 0 saturated heterocycles. The van der Waals surface area contributed by atoms with E-state index < -0.39 is 0 Å². The number of aryl methyl sites for hydroxylation is 1. The molecule has 0 amide bonds. The van der Waals surface area contributed by atoms with Gasteiger partial charge in [0.2, 0.25) is 0 Å². The summed E-state index contributed by atoms with van der Waals surface area (Å²) in [7, 11) is 1.96. The van der Waals surface area contributed by atoms with E-state index in [0.29, 0.717) is 13.1 Å². The number of rotatable bonds is 6. The summed E-state index contributed by atoms with van der Waals surface area (Å²) in [5.41, 5.74) is 2.18. The average Bonchev–Trinajstić information content (AvgIpc) is 2.68. The van der Waals surface area contributed by atoms with Crippen molar-refractivity contribution >= 4 is 10.9 Å². The Balaban J connectivity index is 2.00. The predicted octanol–water partition coefficient (Wildman–Crippen LogP) is 1.82. The van der Waals surface area contributed by atoms with Crippen LogP contribution in [-0.2, 0) is 13.6 Å². The molecule has 0 spiro atoms. The predicted molar refractivity (Wildman–Crippen MR) is 73.3 cm³/mol. The first-order valence-corrected chi connectivity index (χ1v) is 6.51. The van der Waals surface area contributed by atoms with Crippen molar-refractivity contribution in [2.24, 2.45) is 7.05 Å². The normalized spacial score (nSPS) is 13.1. The van der Waals surface area contributed by atoms with Gasteiger partial charge in [-0.05, 0) is 12.5 Å². The Morgan fingerprint density at radius 1 is 1.39 bits per heavy atom. The summed E-state index contributed by atoms with van der Waals surface area (Å²) < 4.78 is 1.90. The molecule has 1 heterocycles. The van der Waals surface area contributed by atoms with E-state index in [1.54, 1.807) is 0 Å². The molecule has 0 radical (unpaired) electrons. The number of para-hydroxylation sites is 1. The lowest BCUT2D eigenvalue weighted by molar-refractivity contribution is 0.160. The van der Waals surface area contributed by atoms with Crippen LogP contribution in [0.5, 0.6) is 0 Å². The number of nitrogens with zero attached hydrogens (tertiary/aromatic N) is 2. The summed E-state index contributed by atoms with van der Waals surface area (Å²) in [5, 5.41) is 18.6. The van der Waals surface area contributed by atoms with E-state index in [9.17, 15) is 5.11 Å². The number of hydrogen-bond acceptors (Lipinski definition) is 3. The maximum Gasteiger partial charge on any atom is 0.0841 e. The smallest absolute Gasteiger partial charge is 0.0841 e. The highest BCUT2D eigenvalue weighted by Gasteiger charge is 2.08. The van der Waals surface area contributed by atoms with Crippen LogP contribution in [0.3, 0.4) is 0 Å². The lowest BCUT2D eigenvalue weighted by atomic mass is 10.2. The van der Waals surface area contributed by atoms with Crippen LogP contribution >= 0.6 is 0 Å². The van der Waals surface area contributed by atoms with Crippen LogP contribution in [0.4, 0.5) is 0 Å². The first-order chi connectivity index (χ1) is 8.72. The fraction of sp³-hybridized carbons (Fsp3) is 0.500. The number of hydrogen-bond donors (Lipinski definition) is 2. The topological polar surface area (TPSA) is 50.1 Å². The standard InChI is InChI=1S/C14H21N3O/c1-3-6-11(18)9-15-10-13-12-7-4-5-8-14(12)17(2)16-13/h4-5,7-8,11,15,18H,3,6,9-10H2,1-2H3. The number of aliphatic hydroxyl groups excluding tert-OH is 1. The van der Waals surface area contributed by atoms with Crippen LogP contribution in [-0.4, -0.2) is 27.5 Å². The van der Waals surface area contributed by atoms with Crippen molar-refractivity contribution in [1.29, 1.82) is 0 Å². The van der Waals surface area contributed by atoms with Crippen LogP contribution in [0.15, 0.2) is 24.3 Å². The highest BCUT2D eigenvalue weighted by atomic mass is 16.3. The van der Waals surface area contributed by atoms with Crippen molar-refractivity contribution in [2.45, 2.75) is 32.4 Å². The van der Waals surface area contributed by atoms with Crippen molar-refractivity contribution in [3.05, 3.63) is 30.0 Å². The third-order valence-corrected chi connectivity index (χ3v) is 3.13. The van der Waals surface area contributed by atoms with Gasteiger partial charge in [-0.15, -0.1) is 0 Å². The Morgan fingerprint density at radius 3 is 2.94 bits per heavy atom. The van der Waals surface area contributed by atoms with E-state index >= 15 is 0 Å². The van der Waals surface area contributed by atoms with E-state index in [1.807, 2.05) is 23.9 Å². The lowest BCUT2D eigenvalue weighted by Crippen LogP contribution is -2.26. The lowest BCUT2D eigenvalue weighted by Gasteiger charge is -2.09. The molecule has 0 aliphatic carbocycles. The van der Waals surface area contributed by atoms with Gasteiger partial charge in [0, 0.05) is 25.5 Å². The van der Waals surface area contributed by atoms with Gasteiger partial charge in [-0.25, -0.2) is 0 Å². The van der Waals surface area contributed by atoms with Crippen molar-refractivity contribution < 1.29 is 5.11 Å². The SMILES string of the molecule is CCCC(O)CNCc1nn(C)c2ccccc12. The number of aromatic nitrogens is 2. The fourth-order valence-electron chi connectivity index (χ4n) is 2.21. The van der Waals surface area contributed by atoms with Crippen LogP contribution in [0.1, 0.15) is 25.5 Å². The second-order valence-corrected chi connectivity index (χ2v) is 4.66. The maximum absolute atomic E-state index is 9.66. The van der Waals surface area contributed by atoms with Crippen molar-refractivity contribution in [3.63, 3.8) is 0 Å². The molecule has 0 fully saturated rings. The second-order valence-electron chi connectivity index (χ2n) is 4.66. The fourth-order valence-corrected chi connectivity index (χ4v) is 2.21. The molecular weight excluding hydrogens is 226 g/mol. The number of benzene rings is 1. The number of fused-ring (bicyclic) bond motifs is 1. The molecule has 0 bridgehead atoms. The first kappa shape index (κ1) is 13.1. The van der Waals surface area contributed by atoms with Crippen molar-refractivity contribution in [2.75, 3.05) is 6.54 Å². The molecule has 4 nitrogen and oxygen atoms in total. The molecule has 0 aliphatic rings. The summed E-state index contributed by atoms with van der Waals surface area (Å²) in [5.74, 6) is 0. The Hall–Kier alpha value is -1.39. The van der Waals surface area contributed by atoms with Gasteiger partial charge in [0.05, 0.1) is 17.3 Å². The van der Waals surface area contributed by atoms with Crippen LogP contribution in [0.25, 0.3) is 10.9 Å². The monoisotopic (exact) mass is 247 g/mol. The quantitative estimate of drug-likeness (QED) is 0.818. The summed E-state index contributed by atoms with van der Waals surface area (Å²) in [6.07, 6.45) is 1.59. The molecule has 2 rings (SSSR count). The van der Waals surface area contributed by atoms with Gasteiger partial charge in [0.25, 0.3) is 0 Å². The van der Waals surface area contributed by atoms with Gasteiger partial charge in [-0.2, -0.15) is 5.10 Å². The molecule has 2 N–H and O–H groups in total. The number of aliphatic hydroxyl groups is 1. The van der Waals surface area contributed by atoms with E-state index in [0.717, 1.165) is 24.1 Å². The van der Waals surface area contributed by atoms with Gasteiger partial charge in [-0.3, -0.25) is 4.68 Å². The molecule has 4 heteroatoms. The van der Waals surface area contributed by atoms with Gasteiger partial charge >= 0.3 is 0 Å². The minimum atomic E-state index is -0.259. The largest absolute Gasteiger partial charge is 0.392 e. The Bertz CT molecular complexity index is 507. The number of nitrogens with one attached hydrogen (secondary N) is 1. The Morgan fingerprint density at radius 2 is 2.17 bits per heavy atom. The second kappa shape index (κ2) is 5.98. The maximum atomic E-state index is 9.66. The molecule has 1 unspecified atom stereocenters. The molecule has 2 aromatic rings. The van der Waals surface area contributed by atoms with Crippen LogP contribution < -0.4 is 5.32 Å². The third-order valence-electron chi connectivity index (χ3n) is 3.13. The summed E-state index contributed by atoms with van der Waals surface area (Å²) in [4.78, 5) is 0. The van der Waals surface area contributed by atoms with Crippen molar-refractivity contribution in [1.82, 2.24) is 15.1 Å². The highest BCUT2D eigenvalue weighted by Crippen LogP contribution is 2.16. The first-order valence-electron chi connectivity index (χ1n) is 6.51. The van der Waals surface area contributed by atoms with Crippen LogP contribution in [0.2, 0.25) is 0 Å². The summed E-state index contributed by atoms with van der Waals surface area (Å²) in [6.45, 7) is 3.40. The Labute approximate surface area is 108 Å². The summed E-state index contributed by atoms with van der Waals surface area (Å²) >= 11 is 0. The molecule has 0 aliphatic heterocycles. The Kier molecular flexibility index (Phi) is 4.33.